The van der Waals surface area contributed by atoms with Crippen molar-refractivity contribution >= 4 is 71.6 Å². The Morgan fingerprint density at radius 3 is 2.41 bits per heavy atom. The Balaban J connectivity index is 1.35. The van der Waals surface area contributed by atoms with Crippen molar-refractivity contribution in [3.8, 4) is 0 Å². The van der Waals surface area contributed by atoms with E-state index >= 15 is 0 Å². The molecule has 0 saturated carbocycles. The molecule has 1 aliphatic heterocycles. The molecule has 0 radical (unpaired) electrons. The van der Waals surface area contributed by atoms with Gasteiger partial charge in [-0.25, -0.2) is 4.99 Å². The molecule has 2 unspecified atom stereocenters. The Hall–Kier alpha value is -5.61. The minimum atomic E-state index is 0.0740. The zero-order valence-corrected chi connectivity index (χ0v) is 25.4. The number of aromatic nitrogens is 2. The van der Waals surface area contributed by atoms with Gasteiger partial charge in [0.05, 0.1) is 39.5 Å². The minimum Gasteiger partial charge on any atom is -0.373 e. The van der Waals surface area contributed by atoms with Gasteiger partial charge in [0, 0.05) is 38.5 Å². The van der Waals surface area contributed by atoms with Crippen LogP contribution in [-0.2, 0) is 0 Å². The van der Waals surface area contributed by atoms with Gasteiger partial charge in [-0.3, -0.25) is 4.57 Å². The number of nitrogens with one attached hydrogen (secondary N) is 1. The van der Waals surface area contributed by atoms with Crippen LogP contribution in [0.2, 0.25) is 0 Å². The van der Waals surface area contributed by atoms with E-state index in [0.717, 1.165) is 30.8 Å². The van der Waals surface area contributed by atoms with Gasteiger partial charge < -0.3 is 9.88 Å². The summed E-state index contributed by atoms with van der Waals surface area (Å²) < 4.78 is 4.96. The van der Waals surface area contributed by atoms with E-state index < -0.39 is 0 Å². The van der Waals surface area contributed by atoms with Gasteiger partial charge in [-0.15, -0.1) is 0 Å². The van der Waals surface area contributed by atoms with Gasteiger partial charge in [-0.1, -0.05) is 109 Å². The Bertz CT molecular complexity index is 2530. The van der Waals surface area contributed by atoms with E-state index in [-0.39, 0.29) is 12.0 Å². The number of aliphatic imine (C=N–C) groups is 1. The second-order valence-corrected chi connectivity index (χ2v) is 12.7. The van der Waals surface area contributed by atoms with Crippen LogP contribution in [0.15, 0.2) is 150 Å². The Kier molecular flexibility index (Phi) is 5.56. The molecule has 0 bridgehead atoms. The number of hydrogen-bond acceptors (Lipinski definition) is 2. The first-order valence-electron chi connectivity index (χ1n) is 16.4. The molecule has 2 atom stereocenters. The number of nitrogens with zero attached hydrogens (tertiary/aromatic N) is 3. The average molecular weight is 593 g/mol. The third kappa shape index (κ3) is 3.70. The summed E-state index contributed by atoms with van der Waals surface area (Å²) in [4.78, 5) is 5.45. The first-order valence-corrected chi connectivity index (χ1v) is 16.4. The third-order valence-corrected chi connectivity index (χ3v) is 10.1. The molecule has 3 aliphatic carbocycles. The molecule has 46 heavy (non-hydrogen) atoms. The highest BCUT2D eigenvalue weighted by atomic mass is 15.2. The number of para-hydroxylation sites is 1. The maximum absolute atomic E-state index is 5.45. The van der Waals surface area contributed by atoms with Crippen LogP contribution in [0.3, 0.4) is 0 Å². The quantitative estimate of drug-likeness (QED) is 0.218. The summed E-state index contributed by atoms with van der Waals surface area (Å²) in [5.41, 5.74) is 8.43. The van der Waals surface area contributed by atoms with Crippen molar-refractivity contribution in [2.45, 2.75) is 25.3 Å². The predicted octanol–water partition coefficient (Wildman–Crippen LogP) is 10.0. The molecule has 1 N–H and O–H groups in total. The summed E-state index contributed by atoms with van der Waals surface area (Å²) in [7, 11) is 0. The third-order valence-electron chi connectivity index (χ3n) is 10.1. The van der Waals surface area contributed by atoms with Crippen molar-refractivity contribution < 1.29 is 0 Å². The summed E-state index contributed by atoms with van der Waals surface area (Å²) in [6, 6.07) is 27.2. The zero-order valence-electron chi connectivity index (χ0n) is 25.4. The predicted molar refractivity (Wildman–Crippen MR) is 195 cm³/mol. The first-order chi connectivity index (χ1) is 22.8. The number of allylic oxidation sites excluding steroid dienone is 10. The van der Waals surface area contributed by atoms with Crippen molar-refractivity contribution in [3.63, 3.8) is 0 Å². The standard InChI is InChI=1S/C42H32N4/c1-3-14-28(15-4-1)40-42(44-36-21-11-10-20-35(36)43-40)46-37-22-12-9-19-31(37)33-25-34-32-24-23-27-13-7-8-18-30(27)41(32)45(38(34)26-39(33)46)29-16-5-2-6-17-29/h1-5,7-14,16,18-26,28,35,43H,6,15,17H2. The number of hydrogen-bond donors (Lipinski definition) is 1. The lowest BCUT2D eigenvalue weighted by molar-refractivity contribution is 0.645. The molecule has 0 amide bonds. The monoisotopic (exact) mass is 592 g/mol. The van der Waals surface area contributed by atoms with E-state index in [2.05, 4.69) is 154 Å². The summed E-state index contributed by atoms with van der Waals surface area (Å²) in [6.45, 7) is 0. The Morgan fingerprint density at radius 1 is 0.674 bits per heavy atom. The fraction of sp³-hybridized carbons (Fsp3) is 0.119. The maximum Gasteiger partial charge on any atom is 0.157 e. The van der Waals surface area contributed by atoms with Gasteiger partial charge in [0.1, 0.15) is 0 Å². The Morgan fingerprint density at radius 2 is 1.52 bits per heavy atom. The van der Waals surface area contributed by atoms with E-state index in [0.29, 0.717) is 0 Å². The van der Waals surface area contributed by atoms with Crippen molar-refractivity contribution in [3.05, 3.63) is 145 Å². The highest BCUT2D eigenvalue weighted by Crippen LogP contribution is 2.43. The lowest BCUT2D eigenvalue weighted by Crippen LogP contribution is -2.40. The fourth-order valence-corrected chi connectivity index (χ4v) is 7.95. The van der Waals surface area contributed by atoms with E-state index in [9.17, 15) is 0 Å². The van der Waals surface area contributed by atoms with Crippen LogP contribution in [-0.4, -0.2) is 20.9 Å². The molecule has 220 valence electrons. The van der Waals surface area contributed by atoms with Crippen molar-refractivity contribution in [1.29, 1.82) is 0 Å². The van der Waals surface area contributed by atoms with Crippen molar-refractivity contribution in [1.82, 2.24) is 14.5 Å². The molecule has 4 heteroatoms. The molecule has 2 aromatic heterocycles. The first kappa shape index (κ1) is 25.7. The highest BCUT2D eigenvalue weighted by Gasteiger charge is 2.29. The average Bonchev–Trinajstić information content (AvgIpc) is 3.63. The van der Waals surface area contributed by atoms with Gasteiger partial charge in [-0.05, 0) is 55.0 Å². The molecule has 6 aromatic rings. The lowest BCUT2D eigenvalue weighted by Gasteiger charge is -2.31. The highest BCUT2D eigenvalue weighted by molar-refractivity contribution is 6.24. The van der Waals surface area contributed by atoms with Gasteiger partial charge in [0.2, 0.25) is 0 Å². The van der Waals surface area contributed by atoms with Gasteiger partial charge in [0.15, 0.2) is 5.82 Å². The number of rotatable bonds is 3. The van der Waals surface area contributed by atoms with E-state index in [1.54, 1.807) is 0 Å². The van der Waals surface area contributed by atoms with Crippen LogP contribution in [0.4, 0.5) is 0 Å². The maximum atomic E-state index is 5.45. The van der Waals surface area contributed by atoms with Gasteiger partial charge in [-0.2, -0.15) is 0 Å². The summed E-state index contributed by atoms with van der Waals surface area (Å²) in [6.07, 6.45) is 27.2. The smallest absolute Gasteiger partial charge is 0.157 e. The lowest BCUT2D eigenvalue weighted by atomic mass is 9.93. The van der Waals surface area contributed by atoms with Crippen molar-refractivity contribution in [2.75, 3.05) is 0 Å². The minimum absolute atomic E-state index is 0.0740. The second-order valence-electron chi connectivity index (χ2n) is 12.7. The SMILES string of the molecule is C1=CCCC(n2c3cc4c(cc3c3ccc5ccccc5c32)c2ccccc2n4C2=C(C3C=CC=CC3)NC3C=CC=CC3=N2)=C1. The number of fused-ring (bicyclic) bond motifs is 9. The molecule has 3 heterocycles. The zero-order chi connectivity index (χ0) is 30.2. The van der Waals surface area contributed by atoms with Gasteiger partial charge >= 0.3 is 0 Å². The molecular formula is C42H32N4. The Labute approximate surface area is 267 Å². The molecule has 0 spiro atoms. The molecule has 0 fully saturated rings. The molecule has 4 aliphatic rings. The van der Waals surface area contributed by atoms with Crippen molar-refractivity contribution in [2.24, 2.45) is 10.9 Å². The number of benzene rings is 4. The van der Waals surface area contributed by atoms with E-state index in [4.69, 9.17) is 4.99 Å². The van der Waals surface area contributed by atoms with Crippen LogP contribution < -0.4 is 5.32 Å². The van der Waals surface area contributed by atoms with Crippen LogP contribution in [0.1, 0.15) is 19.3 Å². The van der Waals surface area contributed by atoms with E-state index in [1.165, 1.54) is 65.8 Å². The van der Waals surface area contributed by atoms with Gasteiger partial charge in [0.25, 0.3) is 0 Å². The molecule has 4 nitrogen and oxygen atoms in total. The largest absolute Gasteiger partial charge is 0.373 e. The fourth-order valence-electron chi connectivity index (χ4n) is 7.95. The second kappa shape index (κ2) is 9.95. The molecular weight excluding hydrogens is 560 g/mol. The molecule has 10 rings (SSSR count). The van der Waals surface area contributed by atoms with Crippen LogP contribution in [0.5, 0.6) is 0 Å². The van der Waals surface area contributed by atoms with E-state index in [1.807, 2.05) is 0 Å². The van der Waals surface area contributed by atoms with Crippen LogP contribution in [0, 0.1) is 5.92 Å². The molecule has 4 aromatic carbocycles. The summed E-state index contributed by atoms with van der Waals surface area (Å²) >= 11 is 0. The van der Waals surface area contributed by atoms with Crippen LogP contribution in [0.25, 0.3) is 65.9 Å². The summed E-state index contributed by atoms with van der Waals surface area (Å²) in [5.74, 6) is 1.20. The molecule has 0 saturated heterocycles. The summed E-state index contributed by atoms with van der Waals surface area (Å²) in [5, 5.41) is 11.5. The normalized spacial score (nSPS) is 20.7. The topological polar surface area (TPSA) is 34.2 Å². The van der Waals surface area contributed by atoms with Crippen LogP contribution >= 0.6 is 0 Å².